The largest absolute Gasteiger partial charge is 0.445 e. The first-order valence-corrected chi connectivity index (χ1v) is 5.81. The van der Waals surface area contributed by atoms with Gasteiger partial charge >= 0.3 is 6.09 Å². The maximum absolute atomic E-state index is 11.0. The molecule has 20 heavy (non-hydrogen) atoms. The summed E-state index contributed by atoms with van der Waals surface area (Å²) >= 11 is 0. The molecular formula is C13H14N2O5. The summed E-state index contributed by atoms with van der Waals surface area (Å²) in [5, 5.41) is 10.7. The molecule has 0 heterocycles. The third-order valence-corrected chi connectivity index (χ3v) is 1.97. The normalized spacial score (nSPS) is 9.55. The predicted molar refractivity (Wildman–Crippen MR) is 70.7 cm³/mol. The van der Waals surface area contributed by atoms with Gasteiger partial charge in [0.05, 0.1) is 11.0 Å². The molecule has 0 saturated heterocycles. The molecule has 1 aromatic carbocycles. The Bertz CT molecular complexity index is 545. The quantitative estimate of drug-likeness (QED) is 0.394. The molecule has 106 valence electrons. The van der Waals surface area contributed by atoms with Crippen LogP contribution in [0.15, 0.2) is 24.3 Å². The first-order chi connectivity index (χ1) is 9.50. The number of nitrogens with one attached hydrogen (secondary N) is 1. The van der Waals surface area contributed by atoms with Gasteiger partial charge in [-0.2, -0.15) is 5.48 Å². The van der Waals surface area contributed by atoms with Crippen molar-refractivity contribution in [2.24, 2.45) is 0 Å². The summed E-state index contributed by atoms with van der Waals surface area (Å²) in [6.45, 7) is 3.29. The second-order valence-corrected chi connectivity index (χ2v) is 3.92. The van der Waals surface area contributed by atoms with Crippen LogP contribution in [0.25, 0.3) is 0 Å². The molecule has 1 N–H and O–H groups in total. The average Bonchev–Trinajstić information content (AvgIpc) is 2.37. The molecule has 0 aliphatic carbocycles. The molecule has 0 unspecified atom stereocenters. The topological polar surface area (TPSA) is 90.7 Å². The van der Waals surface area contributed by atoms with Crippen LogP contribution < -0.4 is 5.48 Å². The fourth-order valence-electron chi connectivity index (χ4n) is 1.24. The Balaban J connectivity index is 2.48. The third-order valence-electron chi connectivity index (χ3n) is 1.97. The number of carbonyl (C=O) groups is 1. The number of amides is 1. The summed E-state index contributed by atoms with van der Waals surface area (Å²) in [5.74, 6) is 5.16. The number of rotatable bonds is 4. The molecule has 0 aromatic heterocycles. The van der Waals surface area contributed by atoms with Crippen molar-refractivity contribution in [3.63, 3.8) is 0 Å². The fourth-order valence-corrected chi connectivity index (χ4v) is 1.24. The number of hydroxylamine groups is 1. The van der Waals surface area contributed by atoms with Crippen molar-refractivity contribution in [2.45, 2.75) is 20.0 Å². The number of nitrogens with zero attached hydrogens (tertiary/aromatic N) is 1. The molecule has 7 nitrogen and oxygen atoms in total. The lowest BCUT2D eigenvalue weighted by Crippen LogP contribution is -2.27. The van der Waals surface area contributed by atoms with E-state index >= 15 is 0 Å². The SMILES string of the molecule is CC(C)OC(=O)NOCC#Cc1ccccc1[N+](=O)[O-]. The molecule has 0 atom stereocenters. The summed E-state index contributed by atoms with van der Waals surface area (Å²) in [4.78, 5) is 26.0. The predicted octanol–water partition coefficient (Wildman–Crippen LogP) is 2.01. The lowest BCUT2D eigenvalue weighted by Gasteiger charge is -2.07. The van der Waals surface area contributed by atoms with Crippen LogP contribution in [0.4, 0.5) is 10.5 Å². The van der Waals surface area contributed by atoms with E-state index in [1.54, 1.807) is 26.0 Å². The minimum absolute atomic E-state index is 0.0767. The van der Waals surface area contributed by atoms with E-state index in [2.05, 4.69) is 11.8 Å². The van der Waals surface area contributed by atoms with Crippen molar-refractivity contribution in [3.05, 3.63) is 39.9 Å². The molecule has 1 aromatic rings. The molecule has 0 radical (unpaired) electrons. The monoisotopic (exact) mass is 278 g/mol. The first-order valence-electron chi connectivity index (χ1n) is 5.81. The Labute approximate surface area is 116 Å². The number of hydrogen-bond donors (Lipinski definition) is 1. The Morgan fingerprint density at radius 2 is 2.15 bits per heavy atom. The zero-order chi connectivity index (χ0) is 15.0. The van der Waals surface area contributed by atoms with Gasteiger partial charge < -0.3 is 4.74 Å². The van der Waals surface area contributed by atoms with E-state index in [-0.39, 0.29) is 24.0 Å². The van der Waals surface area contributed by atoms with Crippen LogP contribution >= 0.6 is 0 Å². The molecule has 7 heteroatoms. The van der Waals surface area contributed by atoms with Crippen molar-refractivity contribution in [1.29, 1.82) is 0 Å². The van der Waals surface area contributed by atoms with Gasteiger partial charge in [-0.3, -0.25) is 15.0 Å². The molecule has 0 saturated carbocycles. The van der Waals surface area contributed by atoms with Gasteiger partial charge in [-0.1, -0.05) is 24.0 Å². The number of carbonyl (C=O) groups excluding carboxylic acids is 1. The first kappa shape index (κ1) is 15.5. The van der Waals surface area contributed by atoms with E-state index in [1.165, 1.54) is 12.1 Å². The van der Waals surface area contributed by atoms with Crippen molar-refractivity contribution >= 4 is 11.8 Å². The number of nitro groups is 1. The number of ether oxygens (including phenoxy) is 1. The van der Waals surface area contributed by atoms with Gasteiger partial charge in [-0.15, -0.1) is 0 Å². The Kier molecular flexibility index (Phi) is 6.00. The van der Waals surface area contributed by atoms with Gasteiger partial charge in [-0.05, 0) is 19.9 Å². The fraction of sp³-hybridized carbons (Fsp3) is 0.308. The van der Waals surface area contributed by atoms with Crippen LogP contribution in [0.5, 0.6) is 0 Å². The van der Waals surface area contributed by atoms with Gasteiger partial charge in [0.25, 0.3) is 5.69 Å². The van der Waals surface area contributed by atoms with E-state index in [1.807, 2.05) is 5.48 Å². The summed E-state index contributed by atoms with van der Waals surface area (Å²) in [6.07, 6.45) is -0.968. The Morgan fingerprint density at radius 3 is 2.80 bits per heavy atom. The lowest BCUT2D eigenvalue weighted by molar-refractivity contribution is -0.385. The van der Waals surface area contributed by atoms with Crippen LogP contribution in [0.2, 0.25) is 0 Å². The summed E-state index contributed by atoms with van der Waals surface area (Å²) in [7, 11) is 0. The highest BCUT2D eigenvalue weighted by Gasteiger charge is 2.09. The smallest absolute Gasteiger partial charge is 0.431 e. The van der Waals surface area contributed by atoms with E-state index in [0.29, 0.717) is 0 Å². The third kappa shape index (κ3) is 5.37. The average molecular weight is 278 g/mol. The zero-order valence-electron chi connectivity index (χ0n) is 11.1. The second-order valence-electron chi connectivity index (χ2n) is 3.92. The molecule has 1 amide bonds. The van der Waals surface area contributed by atoms with Gasteiger partial charge in [0.1, 0.15) is 12.2 Å². The van der Waals surface area contributed by atoms with Gasteiger partial charge in [-0.25, -0.2) is 4.79 Å². The van der Waals surface area contributed by atoms with Crippen LogP contribution in [0.3, 0.4) is 0 Å². The van der Waals surface area contributed by atoms with Crippen molar-refractivity contribution in [3.8, 4) is 11.8 Å². The second kappa shape index (κ2) is 7.76. The summed E-state index contributed by atoms with van der Waals surface area (Å²) in [5.41, 5.74) is 2.25. The lowest BCUT2D eigenvalue weighted by atomic mass is 10.2. The number of nitro benzene ring substituents is 1. The van der Waals surface area contributed by atoms with Crippen LogP contribution in [0, 0.1) is 22.0 Å². The highest BCUT2D eigenvalue weighted by atomic mass is 16.7. The highest BCUT2D eigenvalue weighted by Crippen LogP contribution is 2.15. The van der Waals surface area contributed by atoms with Crippen LogP contribution in [0.1, 0.15) is 19.4 Å². The van der Waals surface area contributed by atoms with E-state index in [0.717, 1.165) is 0 Å². The maximum Gasteiger partial charge on any atom is 0.431 e. The summed E-state index contributed by atoms with van der Waals surface area (Å²) < 4.78 is 4.75. The van der Waals surface area contributed by atoms with Gasteiger partial charge in [0.15, 0.2) is 0 Å². The van der Waals surface area contributed by atoms with Crippen molar-refractivity contribution in [1.82, 2.24) is 5.48 Å². The van der Waals surface area contributed by atoms with Crippen molar-refractivity contribution in [2.75, 3.05) is 6.61 Å². The molecule has 1 rings (SSSR count). The van der Waals surface area contributed by atoms with E-state index < -0.39 is 11.0 Å². The molecular weight excluding hydrogens is 264 g/mol. The molecule has 0 aliphatic heterocycles. The van der Waals surface area contributed by atoms with E-state index in [4.69, 9.17) is 9.57 Å². The molecule has 0 fully saturated rings. The van der Waals surface area contributed by atoms with Crippen LogP contribution in [-0.4, -0.2) is 23.7 Å². The van der Waals surface area contributed by atoms with Gasteiger partial charge in [0, 0.05) is 6.07 Å². The minimum Gasteiger partial charge on any atom is -0.445 e. The number of benzene rings is 1. The number of hydrogen-bond acceptors (Lipinski definition) is 5. The number of para-hydroxylation sites is 1. The van der Waals surface area contributed by atoms with Gasteiger partial charge in [0.2, 0.25) is 0 Å². The summed E-state index contributed by atoms with van der Waals surface area (Å²) in [6, 6.07) is 6.11. The minimum atomic E-state index is -0.715. The van der Waals surface area contributed by atoms with Crippen LogP contribution in [-0.2, 0) is 9.57 Å². The zero-order valence-corrected chi connectivity index (χ0v) is 11.1. The molecule has 0 aliphatic rings. The van der Waals surface area contributed by atoms with E-state index in [9.17, 15) is 14.9 Å². The standard InChI is InChI=1S/C13H14N2O5/c1-10(2)20-13(16)14-19-9-5-7-11-6-3-4-8-12(11)15(17)18/h3-4,6,8,10H,9H2,1-2H3,(H,14,16). The highest BCUT2D eigenvalue weighted by molar-refractivity contribution is 5.65. The molecule has 0 bridgehead atoms. The molecule has 0 spiro atoms. The Morgan fingerprint density at radius 1 is 1.45 bits per heavy atom. The maximum atomic E-state index is 11.0. The Hall–Kier alpha value is -2.59. The van der Waals surface area contributed by atoms with Crippen molar-refractivity contribution < 1.29 is 19.3 Å².